The lowest BCUT2D eigenvalue weighted by atomic mass is 10.2. The Balaban J connectivity index is 2.28. The summed E-state index contributed by atoms with van der Waals surface area (Å²) < 4.78 is 1.64. The van der Waals surface area contributed by atoms with Crippen LogP contribution in [0.3, 0.4) is 0 Å². The first kappa shape index (κ1) is 10.4. The number of aromatic nitrogens is 3. The lowest BCUT2D eigenvalue weighted by Crippen LogP contribution is -1.96. The van der Waals surface area contributed by atoms with Crippen molar-refractivity contribution in [3.8, 4) is 5.75 Å². The summed E-state index contributed by atoms with van der Waals surface area (Å²) >= 11 is 0. The average Bonchev–Trinajstić information content (AvgIpc) is 2.56. The van der Waals surface area contributed by atoms with Crippen molar-refractivity contribution in [1.82, 2.24) is 14.9 Å². The minimum Gasteiger partial charge on any atom is -0.508 e. The molecule has 0 radical (unpaired) electrons. The minimum absolute atomic E-state index is 0.223. The van der Waals surface area contributed by atoms with Crippen LogP contribution in [0.15, 0.2) is 29.4 Å². The summed E-state index contributed by atoms with van der Waals surface area (Å²) in [6.07, 6.45) is 1.66. The first-order chi connectivity index (χ1) is 7.66. The number of benzene rings is 1. The topological polar surface area (TPSA) is 63.3 Å². The highest BCUT2D eigenvalue weighted by atomic mass is 16.3. The van der Waals surface area contributed by atoms with E-state index in [1.807, 2.05) is 19.9 Å². The third kappa shape index (κ3) is 2.08. The van der Waals surface area contributed by atoms with Gasteiger partial charge in [0.1, 0.15) is 5.75 Å². The minimum atomic E-state index is 0.223. The average molecular weight is 216 g/mol. The highest BCUT2D eigenvalue weighted by Gasteiger charge is 2.00. The Morgan fingerprint density at radius 2 is 1.94 bits per heavy atom. The number of nitrogens with zero attached hydrogens (tertiary/aromatic N) is 4. The third-order valence-electron chi connectivity index (χ3n) is 2.14. The van der Waals surface area contributed by atoms with Crippen molar-refractivity contribution < 1.29 is 5.11 Å². The highest BCUT2D eigenvalue weighted by molar-refractivity contribution is 5.80. The summed E-state index contributed by atoms with van der Waals surface area (Å²) in [7, 11) is 0. The second kappa shape index (κ2) is 4.14. The summed E-state index contributed by atoms with van der Waals surface area (Å²) in [4.78, 5) is 0. The summed E-state index contributed by atoms with van der Waals surface area (Å²) in [5.41, 5.74) is 0.826. The molecule has 0 aliphatic carbocycles. The summed E-state index contributed by atoms with van der Waals surface area (Å²) in [6, 6.07) is 6.88. The first-order valence-corrected chi connectivity index (χ1v) is 4.89. The normalized spacial score (nSPS) is 11.1. The fourth-order valence-corrected chi connectivity index (χ4v) is 1.36. The van der Waals surface area contributed by atoms with Crippen LogP contribution in [0.25, 0.3) is 0 Å². The zero-order chi connectivity index (χ0) is 11.5. The molecule has 2 rings (SSSR count). The second-order valence-corrected chi connectivity index (χ2v) is 3.45. The maximum absolute atomic E-state index is 9.29. The van der Waals surface area contributed by atoms with E-state index in [1.54, 1.807) is 29.1 Å². The molecule has 1 N–H and O–H groups in total. The second-order valence-electron chi connectivity index (χ2n) is 3.45. The molecule has 82 valence electrons. The van der Waals surface area contributed by atoms with Crippen LogP contribution in [0.2, 0.25) is 0 Å². The molecule has 0 aliphatic rings. The van der Waals surface area contributed by atoms with Crippen molar-refractivity contribution in [2.45, 2.75) is 13.8 Å². The van der Waals surface area contributed by atoms with E-state index in [0.717, 1.165) is 17.2 Å². The predicted octanol–water partition coefficient (Wildman–Crippen LogP) is 1.48. The highest BCUT2D eigenvalue weighted by Crippen LogP contribution is 2.09. The van der Waals surface area contributed by atoms with Crippen LogP contribution in [0.1, 0.15) is 17.2 Å². The number of hydrogen-bond donors (Lipinski definition) is 1. The molecule has 16 heavy (non-hydrogen) atoms. The molecule has 1 aromatic heterocycles. The predicted molar refractivity (Wildman–Crippen MR) is 60.6 cm³/mol. The molecule has 0 amide bonds. The number of hydrogen-bond acceptors (Lipinski definition) is 4. The zero-order valence-corrected chi connectivity index (χ0v) is 9.12. The number of phenolic OH excluding ortho intramolecular Hbond substituents is 1. The Labute approximate surface area is 93.1 Å². The molecule has 0 unspecified atom stereocenters. The SMILES string of the molecule is Cc1nnc(C)n1/N=C/c1cccc(O)c1. The molecule has 1 heterocycles. The van der Waals surface area contributed by atoms with Gasteiger partial charge in [-0.05, 0) is 31.5 Å². The van der Waals surface area contributed by atoms with Crippen molar-refractivity contribution >= 4 is 6.21 Å². The molecule has 0 saturated heterocycles. The quantitative estimate of drug-likeness (QED) is 0.773. The number of aryl methyl sites for hydroxylation is 2. The van der Waals surface area contributed by atoms with Crippen molar-refractivity contribution in [2.24, 2.45) is 5.10 Å². The van der Waals surface area contributed by atoms with Crippen LogP contribution in [0.5, 0.6) is 5.75 Å². The van der Waals surface area contributed by atoms with E-state index in [0.29, 0.717) is 0 Å². The van der Waals surface area contributed by atoms with Gasteiger partial charge in [-0.1, -0.05) is 12.1 Å². The molecule has 5 nitrogen and oxygen atoms in total. The van der Waals surface area contributed by atoms with Gasteiger partial charge in [-0.15, -0.1) is 10.2 Å². The largest absolute Gasteiger partial charge is 0.508 e. The number of phenols is 1. The third-order valence-corrected chi connectivity index (χ3v) is 2.14. The van der Waals surface area contributed by atoms with Crippen LogP contribution >= 0.6 is 0 Å². The van der Waals surface area contributed by atoms with E-state index in [2.05, 4.69) is 15.3 Å². The van der Waals surface area contributed by atoms with Crippen molar-refractivity contribution in [1.29, 1.82) is 0 Å². The number of rotatable bonds is 2. The summed E-state index contributed by atoms with van der Waals surface area (Å²) in [6.45, 7) is 3.67. The van der Waals surface area contributed by atoms with E-state index in [9.17, 15) is 5.11 Å². The Hall–Kier alpha value is -2.17. The van der Waals surface area contributed by atoms with Crippen molar-refractivity contribution in [2.75, 3.05) is 0 Å². The Morgan fingerprint density at radius 3 is 2.56 bits per heavy atom. The molecule has 0 atom stereocenters. The molecule has 5 heteroatoms. The van der Waals surface area contributed by atoms with Gasteiger partial charge in [0, 0.05) is 0 Å². The summed E-state index contributed by atoms with van der Waals surface area (Å²) in [5, 5.41) is 21.3. The van der Waals surface area contributed by atoms with Gasteiger partial charge in [0.25, 0.3) is 0 Å². The van der Waals surface area contributed by atoms with Crippen molar-refractivity contribution in [3.05, 3.63) is 41.5 Å². The lowest BCUT2D eigenvalue weighted by Gasteiger charge is -1.97. The van der Waals surface area contributed by atoms with Gasteiger partial charge in [0.15, 0.2) is 11.6 Å². The summed E-state index contributed by atoms with van der Waals surface area (Å²) in [5.74, 6) is 1.68. The van der Waals surface area contributed by atoms with Crippen LogP contribution in [0, 0.1) is 13.8 Å². The fraction of sp³-hybridized carbons (Fsp3) is 0.182. The van der Waals surface area contributed by atoms with Gasteiger partial charge in [0.2, 0.25) is 0 Å². The van der Waals surface area contributed by atoms with E-state index >= 15 is 0 Å². The van der Waals surface area contributed by atoms with Crippen LogP contribution < -0.4 is 0 Å². The smallest absolute Gasteiger partial charge is 0.151 e. The van der Waals surface area contributed by atoms with Crippen molar-refractivity contribution in [3.63, 3.8) is 0 Å². The molecule has 0 aliphatic heterocycles. The molecular formula is C11H12N4O. The Bertz CT molecular complexity index is 511. The van der Waals surface area contributed by atoms with Crippen LogP contribution in [-0.2, 0) is 0 Å². The van der Waals surface area contributed by atoms with Gasteiger partial charge in [-0.3, -0.25) is 0 Å². The van der Waals surface area contributed by atoms with Gasteiger partial charge >= 0.3 is 0 Å². The molecule has 0 fully saturated rings. The van der Waals surface area contributed by atoms with Crippen LogP contribution in [-0.4, -0.2) is 26.2 Å². The number of aromatic hydroxyl groups is 1. The van der Waals surface area contributed by atoms with E-state index < -0.39 is 0 Å². The molecule has 0 bridgehead atoms. The van der Waals surface area contributed by atoms with E-state index in [4.69, 9.17) is 0 Å². The van der Waals surface area contributed by atoms with E-state index in [-0.39, 0.29) is 5.75 Å². The maximum Gasteiger partial charge on any atom is 0.151 e. The molecule has 2 aromatic rings. The maximum atomic E-state index is 9.29. The van der Waals surface area contributed by atoms with Gasteiger partial charge in [-0.25, -0.2) is 4.68 Å². The molecule has 0 spiro atoms. The van der Waals surface area contributed by atoms with Gasteiger partial charge < -0.3 is 5.11 Å². The zero-order valence-electron chi connectivity index (χ0n) is 9.12. The monoisotopic (exact) mass is 216 g/mol. The van der Waals surface area contributed by atoms with Gasteiger partial charge in [-0.2, -0.15) is 5.10 Å². The Morgan fingerprint density at radius 1 is 1.25 bits per heavy atom. The fourth-order valence-electron chi connectivity index (χ4n) is 1.36. The van der Waals surface area contributed by atoms with Crippen LogP contribution in [0.4, 0.5) is 0 Å². The molecule has 1 aromatic carbocycles. The molecular weight excluding hydrogens is 204 g/mol. The van der Waals surface area contributed by atoms with Gasteiger partial charge in [0.05, 0.1) is 6.21 Å². The molecule has 0 saturated carbocycles. The Kier molecular flexibility index (Phi) is 2.68. The van der Waals surface area contributed by atoms with E-state index in [1.165, 1.54) is 0 Å². The lowest BCUT2D eigenvalue weighted by molar-refractivity contribution is 0.475. The first-order valence-electron chi connectivity index (χ1n) is 4.89. The standard InChI is InChI=1S/C11H12N4O/c1-8-13-14-9(2)15(8)12-7-10-4-3-5-11(16)6-10/h3-7,16H,1-2H3/b12-7+.